The van der Waals surface area contributed by atoms with Crippen LogP contribution in [0.2, 0.25) is 0 Å². The SMILES string of the molecule is COC(=O)c1ccc([C@@H]2C(=O)N(C)[C@@](C)(C(C)C)N2O)cc1. The van der Waals surface area contributed by atoms with E-state index in [2.05, 4.69) is 4.74 Å². The molecule has 1 fully saturated rings. The molecule has 0 aliphatic carbocycles. The van der Waals surface area contributed by atoms with Crippen LogP contribution in [0.1, 0.15) is 42.7 Å². The molecule has 1 aliphatic rings. The molecule has 1 saturated heterocycles. The number of esters is 1. The maximum Gasteiger partial charge on any atom is 0.337 e. The number of hydroxylamine groups is 2. The molecule has 1 heterocycles. The topological polar surface area (TPSA) is 70.1 Å². The van der Waals surface area contributed by atoms with E-state index in [-0.39, 0.29) is 11.8 Å². The molecule has 1 aliphatic heterocycles. The van der Waals surface area contributed by atoms with Crippen LogP contribution in [-0.2, 0) is 9.53 Å². The number of ether oxygens (including phenoxy) is 1. The number of methoxy groups -OCH3 is 1. The van der Waals surface area contributed by atoms with E-state index in [0.717, 1.165) is 5.06 Å². The molecule has 2 rings (SSSR count). The molecule has 1 aromatic carbocycles. The number of rotatable bonds is 3. The Bertz CT molecular complexity index is 584. The Hall–Kier alpha value is -1.92. The second-order valence-electron chi connectivity index (χ2n) is 6.01. The van der Waals surface area contributed by atoms with E-state index < -0.39 is 17.7 Å². The summed E-state index contributed by atoms with van der Waals surface area (Å²) in [6.07, 6.45) is 0. The summed E-state index contributed by atoms with van der Waals surface area (Å²) in [5.74, 6) is -0.565. The Morgan fingerprint density at radius 3 is 2.27 bits per heavy atom. The van der Waals surface area contributed by atoms with Crippen molar-refractivity contribution in [3.63, 3.8) is 0 Å². The molecule has 0 radical (unpaired) electrons. The highest BCUT2D eigenvalue weighted by Crippen LogP contribution is 2.41. The molecule has 2 atom stereocenters. The first-order valence-electron chi connectivity index (χ1n) is 7.19. The number of amides is 1. The molecule has 0 saturated carbocycles. The van der Waals surface area contributed by atoms with E-state index in [1.54, 1.807) is 36.2 Å². The first-order chi connectivity index (χ1) is 10.2. The Morgan fingerprint density at radius 2 is 1.86 bits per heavy atom. The maximum absolute atomic E-state index is 12.5. The van der Waals surface area contributed by atoms with Gasteiger partial charge in [0.1, 0.15) is 11.7 Å². The summed E-state index contributed by atoms with van der Waals surface area (Å²) in [5, 5.41) is 11.7. The van der Waals surface area contributed by atoms with Gasteiger partial charge >= 0.3 is 5.97 Å². The fraction of sp³-hybridized carbons (Fsp3) is 0.500. The largest absolute Gasteiger partial charge is 0.465 e. The van der Waals surface area contributed by atoms with E-state index in [4.69, 9.17) is 0 Å². The molecule has 6 nitrogen and oxygen atoms in total. The lowest BCUT2D eigenvalue weighted by Gasteiger charge is -2.39. The van der Waals surface area contributed by atoms with Gasteiger partial charge in [0.15, 0.2) is 0 Å². The lowest BCUT2D eigenvalue weighted by Crippen LogP contribution is -2.52. The van der Waals surface area contributed by atoms with Gasteiger partial charge in [-0.3, -0.25) is 4.79 Å². The fourth-order valence-electron chi connectivity index (χ4n) is 2.78. The predicted octanol–water partition coefficient (Wildman–Crippen LogP) is 2.05. The smallest absolute Gasteiger partial charge is 0.337 e. The molecule has 0 aromatic heterocycles. The summed E-state index contributed by atoms with van der Waals surface area (Å²) in [6, 6.07) is 5.74. The van der Waals surface area contributed by atoms with Crippen LogP contribution in [0.15, 0.2) is 24.3 Å². The number of nitrogens with zero attached hydrogens (tertiary/aromatic N) is 2. The molecule has 22 heavy (non-hydrogen) atoms. The van der Waals surface area contributed by atoms with E-state index >= 15 is 0 Å². The molecule has 6 heteroatoms. The van der Waals surface area contributed by atoms with Crippen LogP contribution in [0, 0.1) is 5.92 Å². The fourth-order valence-corrected chi connectivity index (χ4v) is 2.78. The summed E-state index contributed by atoms with van der Waals surface area (Å²) in [6.45, 7) is 5.74. The minimum Gasteiger partial charge on any atom is -0.465 e. The molecule has 1 aromatic rings. The lowest BCUT2D eigenvalue weighted by molar-refractivity contribution is -0.210. The molecule has 1 N–H and O–H groups in total. The van der Waals surface area contributed by atoms with Gasteiger partial charge in [-0.2, -0.15) is 0 Å². The minimum absolute atomic E-state index is 0.0470. The summed E-state index contributed by atoms with van der Waals surface area (Å²) in [4.78, 5) is 25.6. The van der Waals surface area contributed by atoms with E-state index in [0.29, 0.717) is 11.1 Å². The second kappa shape index (κ2) is 5.70. The summed E-state index contributed by atoms with van der Waals surface area (Å²) >= 11 is 0. The third-order valence-electron chi connectivity index (χ3n) is 4.69. The number of likely N-dealkylation sites (N-methyl/N-ethyl adjacent to an activating group) is 1. The molecule has 0 spiro atoms. The molecular formula is C16H22N2O4. The number of carbonyl (C=O) groups excluding carboxylic acids is 2. The van der Waals surface area contributed by atoms with Gasteiger partial charge in [0.2, 0.25) is 5.91 Å². The Balaban J connectivity index is 2.37. The van der Waals surface area contributed by atoms with Crippen molar-refractivity contribution >= 4 is 11.9 Å². The highest BCUT2D eigenvalue weighted by atomic mass is 16.5. The van der Waals surface area contributed by atoms with E-state index in [9.17, 15) is 14.8 Å². The van der Waals surface area contributed by atoms with Crippen molar-refractivity contribution in [2.24, 2.45) is 5.92 Å². The third kappa shape index (κ3) is 2.28. The average molecular weight is 306 g/mol. The number of carbonyl (C=O) groups is 2. The van der Waals surface area contributed by atoms with E-state index in [1.165, 1.54) is 7.11 Å². The molecule has 0 unspecified atom stereocenters. The highest BCUT2D eigenvalue weighted by Gasteiger charge is 2.54. The Labute approximate surface area is 130 Å². The van der Waals surface area contributed by atoms with Crippen LogP contribution in [0.5, 0.6) is 0 Å². The van der Waals surface area contributed by atoms with Gasteiger partial charge < -0.3 is 14.8 Å². The molecular weight excluding hydrogens is 284 g/mol. The lowest BCUT2D eigenvalue weighted by atomic mass is 9.97. The normalized spacial score (nSPS) is 25.9. The standard InChI is InChI=1S/C16H22N2O4/c1-10(2)16(3)17(4)14(19)13(18(16)21)11-6-8-12(9-7-11)15(20)22-5/h6-10,13,21H,1-5H3/t13-,16-/m1/s1. The van der Waals surface area contributed by atoms with Crippen LogP contribution in [0.3, 0.4) is 0 Å². The zero-order valence-corrected chi connectivity index (χ0v) is 13.5. The van der Waals surface area contributed by atoms with Crippen molar-refractivity contribution in [1.82, 2.24) is 9.96 Å². The Kier molecular flexibility index (Phi) is 4.26. The highest BCUT2D eigenvalue weighted by molar-refractivity contribution is 5.90. The zero-order valence-electron chi connectivity index (χ0n) is 13.5. The monoisotopic (exact) mass is 306 g/mol. The van der Waals surface area contributed by atoms with Gasteiger partial charge in [-0.15, -0.1) is 5.06 Å². The average Bonchev–Trinajstić information content (AvgIpc) is 2.69. The van der Waals surface area contributed by atoms with Gasteiger partial charge in [0.25, 0.3) is 0 Å². The third-order valence-corrected chi connectivity index (χ3v) is 4.69. The van der Waals surface area contributed by atoms with Crippen molar-refractivity contribution in [3.05, 3.63) is 35.4 Å². The number of benzene rings is 1. The van der Waals surface area contributed by atoms with Crippen molar-refractivity contribution in [3.8, 4) is 0 Å². The van der Waals surface area contributed by atoms with Crippen LogP contribution in [-0.4, -0.2) is 46.9 Å². The van der Waals surface area contributed by atoms with Crippen molar-refractivity contribution < 1.29 is 19.5 Å². The predicted molar refractivity (Wildman–Crippen MR) is 80.2 cm³/mol. The Morgan fingerprint density at radius 1 is 1.32 bits per heavy atom. The van der Waals surface area contributed by atoms with Crippen LogP contribution in [0.4, 0.5) is 0 Å². The van der Waals surface area contributed by atoms with Gasteiger partial charge in [0.05, 0.1) is 12.7 Å². The molecule has 120 valence electrons. The van der Waals surface area contributed by atoms with Crippen molar-refractivity contribution in [2.75, 3.05) is 14.2 Å². The van der Waals surface area contributed by atoms with Crippen molar-refractivity contribution in [2.45, 2.75) is 32.5 Å². The quantitative estimate of drug-likeness (QED) is 0.866. The van der Waals surface area contributed by atoms with Gasteiger partial charge in [-0.25, -0.2) is 4.79 Å². The summed E-state index contributed by atoms with van der Waals surface area (Å²) < 4.78 is 4.65. The van der Waals surface area contributed by atoms with Crippen LogP contribution < -0.4 is 0 Å². The van der Waals surface area contributed by atoms with Crippen LogP contribution in [0.25, 0.3) is 0 Å². The van der Waals surface area contributed by atoms with Crippen molar-refractivity contribution in [1.29, 1.82) is 0 Å². The van der Waals surface area contributed by atoms with Gasteiger partial charge in [0, 0.05) is 7.05 Å². The zero-order chi connectivity index (χ0) is 16.7. The molecule has 1 amide bonds. The first-order valence-corrected chi connectivity index (χ1v) is 7.19. The van der Waals surface area contributed by atoms with Gasteiger partial charge in [-0.05, 0) is 30.5 Å². The number of hydrogen-bond donors (Lipinski definition) is 1. The minimum atomic E-state index is -0.775. The maximum atomic E-state index is 12.5. The van der Waals surface area contributed by atoms with Gasteiger partial charge in [-0.1, -0.05) is 26.0 Å². The second-order valence-corrected chi connectivity index (χ2v) is 6.01. The molecule has 0 bridgehead atoms. The summed E-state index contributed by atoms with van der Waals surface area (Å²) in [5.41, 5.74) is 0.264. The van der Waals surface area contributed by atoms with E-state index in [1.807, 2.05) is 20.8 Å². The van der Waals surface area contributed by atoms with Crippen LogP contribution >= 0.6 is 0 Å². The first kappa shape index (κ1) is 16.5. The number of hydrogen-bond acceptors (Lipinski definition) is 5. The summed E-state index contributed by atoms with van der Waals surface area (Å²) in [7, 11) is 3.00.